The highest BCUT2D eigenvalue weighted by atomic mass is 32.2. The lowest BCUT2D eigenvalue weighted by Gasteiger charge is -2.54. The van der Waals surface area contributed by atoms with E-state index < -0.39 is 30.1 Å². The second-order valence-electron chi connectivity index (χ2n) is 44.2. The summed E-state index contributed by atoms with van der Waals surface area (Å²) in [7, 11) is -9.45. The summed E-state index contributed by atoms with van der Waals surface area (Å²) in [5, 5.41) is 18.3. The second-order valence-corrected chi connectivity index (χ2v) is 49.5. The zero-order valence-electron chi connectivity index (χ0n) is 72.9. The van der Waals surface area contributed by atoms with E-state index >= 15 is 0 Å². The fourth-order valence-corrected chi connectivity index (χ4v) is 34.4. The van der Waals surface area contributed by atoms with Crippen LogP contribution in [0.25, 0.3) is 0 Å². The lowest BCUT2D eigenvalue weighted by molar-refractivity contribution is -0.182. The molecule has 6 saturated heterocycles. The van der Waals surface area contributed by atoms with Crippen molar-refractivity contribution in [2.45, 2.75) is 347 Å². The van der Waals surface area contributed by atoms with E-state index in [1.165, 1.54) is 115 Å². The number of carbonyl (C=O) groups excluding carboxylic acids is 1. The Kier molecular flexibility index (Phi) is 23.0. The molecule has 12 aliphatic carbocycles. The number of ether oxygens (including phenoxy) is 3. The third-order valence-corrected chi connectivity index (χ3v) is 39.7. The van der Waals surface area contributed by atoms with Crippen molar-refractivity contribution >= 4 is 36.0 Å². The normalized spacial score (nSPS) is 48.7. The fourth-order valence-electron chi connectivity index (χ4n) is 31.9. The maximum absolute atomic E-state index is 13.1. The van der Waals surface area contributed by atoms with E-state index in [1.807, 2.05) is 35.4 Å². The Morgan fingerprint density at radius 2 is 0.843 bits per heavy atom. The van der Waals surface area contributed by atoms with E-state index in [4.69, 9.17) is 19.0 Å². The summed E-state index contributed by atoms with van der Waals surface area (Å²) in [5.74, 6) is 10.9. The Balaban J connectivity index is 0.000000125. The molecular formula is C94H148N6O12S3. The highest BCUT2D eigenvalue weighted by molar-refractivity contribution is 7.89. The summed E-state index contributed by atoms with van der Waals surface area (Å²) in [4.78, 5) is 19.2. The first-order valence-corrected chi connectivity index (χ1v) is 52.2. The Bertz CT molecular complexity index is 4270. The molecule has 15 fully saturated rings. The van der Waals surface area contributed by atoms with E-state index in [-0.39, 0.29) is 71.1 Å². The first kappa shape index (κ1) is 84.6. The number of hydroxylamine groups is 4. The van der Waals surface area contributed by atoms with Crippen LogP contribution in [0.5, 0.6) is 0 Å². The SMILES string of the molecule is CC1=C2C[C@H]3[C@@H](CC[C@@H]4C[C@H](NS(C)(=O)=O)CC[C@@]43C)[C@@H]2CC[C@@]2(C1)O[C@@H]1C[C@H](C)CN(O)[C@H]1[C@H]2C.CC1=C2C[C@H]3[C@@H](CC[C@@H]4C[C@H](NS(C)(=O)=O)CC[C@@]43C)[C@@H]2CC[C@@]2(C1)O[C@@H]1C[C@H](C)CN(OC(=O)c3ccccc3)[C@H]1[C@H]2C.CC1=C2C[C@H]3[C@@H](CC[C@@H]4C[C@H](NS(C)(=O)=O)CC[C@@]43C)[C@@H]2CC[C@@]2(C1)O[C@@H]1C[C@H](C)CN[C@H]1[C@H]2C. The van der Waals surface area contributed by atoms with Crippen molar-refractivity contribution in [3.05, 3.63) is 69.3 Å². The van der Waals surface area contributed by atoms with Gasteiger partial charge in [-0.05, 0) is 337 Å². The Hall–Kier alpha value is -2.64. The van der Waals surface area contributed by atoms with Crippen LogP contribution in [0.2, 0.25) is 0 Å². The van der Waals surface area contributed by atoms with Crippen LogP contribution >= 0.6 is 0 Å². The van der Waals surface area contributed by atoms with E-state index in [0.29, 0.717) is 99.1 Å². The zero-order valence-corrected chi connectivity index (χ0v) is 75.3. The van der Waals surface area contributed by atoms with Gasteiger partial charge in [-0.15, -0.1) is 5.06 Å². The number of carbonyl (C=O) groups is 1. The number of fused-ring (bicyclic) bond motifs is 18. The minimum Gasteiger partial charge on any atom is -0.369 e. The second kappa shape index (κ2) is 31.2. The van der Waals surface area contributed by atoms with Gasteiger partial charge in [0.15, 0.2) is 0 Å². The molecule has 1 aromatic carbocycles. The smallest absolute Gasteiger partial charge is 0.357 e. The number of nitrogens with zero attached hydrogens (tertiary/aromatic N) is 2. The number of benzene rings is 1. The summed E-state index contributed by atoms with van der Waals surface area (Å²) in [5.41, 5.74) is 11.3. The van der Waals surface area contributed by atoms with Crippen molar-refractivity contribution in [3.8, 4) is 0 Å². The third-order valence-electron chi connectivity index (χ3n) is 37.4. The minimum atomic E-state index is -3.17. The van der Waals surface area contributed by atoms with E-state index in [9.17, 15) is 35.3 Å². The van der Waals surface area contributed by atoms with Crippen molar-refractivity contribution in [2.24, 2.45) is 123 Å². The van der Waals surface area contributed by atoms with E-state index in [1.54, 1.807) is 38.5 Å². The molecule has 0 bridgehead atoms. The molecule has 19 rings (SSSR count). The van der Waals surface area contributed by atoms with Crippen LogP contribution in [0, 0.1) is 123 Å². The molecule has 3 spiro atoms. The zero-order chi connectivity index (χ0) is 81.4. The molecule has 21 heteroatoms. The topological polar surface area (TPSA) is 231 Å². The number of rotatable bonds is 8. The molecule has 1 aromatic rings. The van der Waals surface area contributed by atoms with Crippen LogP contribution in [-0.4, -0.2) is 156 Å². The van der Waals surface area contributed by atoms with Crippen molar-refractivity contribution < 1.29 is 54.3 Å². The van der Waals surface area contributed by atoms with Gasteiger partial charge >= 0.3 is 5.97 Å². The van der Waals surface area contributed by atoms with Gasteiger partial charge in [0.25, 0.3) is 0 Å². The summed E-state index contributed by atoms with van der Waals surface area (Å²) < 4.78 is 101. The minimum absolute atomic E-state index is 0.0276. The Morgan fingerprint density at radius 1 is 0.470 bits per heavy atom. The summed E-state index contributed by atoms with van der Waals surface area (Å²) in [6.07, 6.45) is 38.7. The average molecular weight is 1650 g/mol. The lowest BCUT2D eigenvalue weighted by atomic mass is 9.52. The first-order valence-electron chi connectivity index (χ1n) is 46.5. The van der Waals surface area contributed by atoms with Gasteiger partial charge in [-0.25, -0.2) is 44.2 Å². The third kappa shape index (κ3) is 15.6. The Labute approximate surface area is 693 Å². The van der Waals surface area contributed by atoms with Gasteiger partial charge in [-0.1, -0.05) is 114 Å². The van der Waals surface area contributed by atoms with Crippen LogP contribution in [0.15, 0.2) is 63.8 Å². The predicted molar refractivity (Wildman–Crippen MR) is 452 cm³/mol. The molecule has 9 saturated carbocycles. The lowest BCUT2D eigenvalue weighted by Crippen LogP contribution is -2.52. The molecule has 0 amide bonds. The Morgan fingerprint density at radius 3 is 1.26 bits per heavy atom. The van der Waals surface area contributed by atoms with Crippen LogP contribution in [0.1, 0.15) is 286 Å². The predicted octanol–water partition coefficient (Wildman–Crippen LogP) is 16.7. The fraction of sp³-hybridized carbons (Fsp3) is 0.862. The maximum atomic E-state index is 13.1. The summed E-state index contributed by atoms with van der Waals surface area (Å²) in [6.45, 7) is 31.5. The molecular weight excluding hydrogens is 1500 g/mol. The molecule has 6 heterocycles. The van der Waals surface area contributed by atoms with Crippen LogP contribution in [0.4, 0.5) is 0 Å². The van der Waals surface area contributed by atoms with Crippen molar-refractivity contribution in [3.63, 3.8) is 0 Å². The number of hydrogen-bond donors (Lipinski definition) is 5. The monoisotopic (exact) mass is 1650 g/mol. The molecule has 115 heavy (non-hydrogen) atoms. The van der Waals surface area contributed by atoms with Crippen molar-refractivity contribution in [1.82, 2.24) is 29.6 Å². The average Bonchev–Trinajstić information content (AvgIpc) is 1.58. The molecule has 0 unspecified atom stereocenters. The number of nitrogens with one attached hydrogen (secondary N) is 4. The first-order chi connectivity index (χ1) is 54.3. The molecule has 0 radical (unpaired) electrons. The number of piperidine rings is 3. The number of allylic oxidation sites excluding steroid dienone is 3. The summed E-state index contributed by atoms with van der Waals surface area (Å²) in [6, 6.07) is 10.4. The van der Waals surface area contributed by atoms with Crippen molar-refractivity contribution in [2.75, 3.05) is 38.4 Å². The van der Waals surface area contributed by atoms with Crippen molar-refractivity contribution in [1.29, 1.82) is 0 Å². The number of sulfonamides is 3. The molecule has 33 atom stereocenters. The van der Waals surface area contributed by atoms with Crippen LogP contribution in [0.3, 0.4) is 0 Å². The van der Waals surface area contributed by atoms with Gasteiger partial charge in [0.2, 0.25) is 30.1 Å². The molecule has 6 aliphatic heterocycles. The van der Waals surface area contributed by atoms with Crippen LogP contribution < -0.4 is 19.5 Å². The van der Waals surface area contributed by atoms with Gasteiger partial charge in [0.1, 0.15) is 0 Å². The highest BCUT2D eigenvalue weighted by Gasteiger charge is 2.66. The quantitative estimate of drug-likeness (QED) is 0.152. The standard InChI is InChI=1S/C36H52N2O5S.C29H48N2O4S.C29H48N2O3S/c1-22-17-32-33(38(21-22)43-34(39)25-9-7-6-8-10-25)24(3)36(42-32)16-14-28-29-12-11-26-18-27(37-44(5,40)41)13-15-35(26,4)31(29)19-30(28)23(2)20-36;1-17-12-26-27(31(32)16-17)19(3)29(35-26)11-9-22-23-7-6-20-13-21(30-36(5,33)34)8-10-28(20,4)25(23)14-24(22)18(2)15-29;1-17-12-26-27(30-16-17)19(3)29(34-26)11-9-22-23-7-6-20-13-21(31-35(5,32)33)8-10-28(20,4)25(23)14-24(22)18(2)15-29/h6-10,22,24,26-29,31-33,37H,11-21H2,1-5H3;17,19-23,25-27,30,32H,6-16H2,1-5H3;17,19-23,25-27,30-31H,6-16H2,1-5H3/t22-,24+,26+,27+,28-,29-,31-,32+,33-,35-,36-;2*17-,19+,20+,21+,22-,23-,25-,26+,27-,28-,29-/m000/s1. The molecule has 18 aliphatic rings. The molecule has 18 nitrogen and oxygen atoms in total. The van der Waals surface area contributed by atoms with Crippen LogP contribution in [-0.2, 0) is 49.1 Å². The van der Waals surface area contributed by atoms with Gasteiger partial charge in [-0.2, -0.15) is 5.06 Å². The van der Waals surface area contributed by atoms with Gasteiger partial charge < -0.3 is 29.6 Å². The highest BCUT2D eigenvalue weighted by Crippen LogP contribution is 2.70. The molecule has 5 N–H and O–H groups in total. The molecule has 644 valence electrons. The van der Waals surface area contributed by atoms with Gasteiger partial charge in [0.05, 0.1) is 71.5 Å². The molecule has 0 aromatic heterocycles. The van der Waals surface area contributed by atoms with E-state index in [2.05, 4.69) is 103 Å². The number of hydrogen-bond acceptors (Lipinski definition) is 15. The maximum Gasteiger partial charge on any atom is 0.357 e. The van der Waals surface area contributed by atoms with E-state index in [0.717, 1.165) is 151 Å². The largest absolute Gasteiger partial charge is 0.369 e. The van der Waals surface area contributed by atoms with Gasteiger partial charge in [0, 0.05) is 55.0 Å². The van der Waals surface area contributed by atoms with Gasteiger partial charge in [-0.3, -0.25) is 0 Å². The summed E-state index contributed by atoms with van der Waals surface area (Å²) >= 11 is 0.